The molecule has 0 saturated carbocycles. The lowest BCUT2D eigenvalue weighted by molar-refractivity contribution is 0.423. The molecule has 18 heavy (non-hydrogen) atoms. The quantitative estimate of drug-likeness (QED) is 0.821. The van der Waals surface area contributed by atoms with Gasteiger partial charge in [-0.1, -0.05) is 17.7 Å². The molecular weight excluding hydrogens is 263 g/mol. The van der Waals surface area contributed by atoms with Crippen LogP contribution in [-0.4, -0.2) is 14.7 Å². The van der Waals surface area contributed by atoms with Crippen LogP contribution < -0.4 is 11.2 Å². The average Bonchev–Trinajstić information content (AvgIpc) is 2.32. The van der Waals surface area contributed by atoms with Crippen molar-refractivity contribution in [3.63, 3.8) is 0 Å². The first kappa shape index (κ1) is 12.4. The fraction of sp³-hybridized carbons (Fsp3) is 0.0909. The maximum atomic E-state index is 13.8. The van der Waals surface area contributed by atoms with Gasteiger partial charge in [-0.2, -0.15) is 0 Å². The molecule has 0 aliphatic carbocycles. The highest BCUT2D eigenvalue weighted by molar-refractivity contribution is 6.30. The molecule has 1 aromatic carbocycles. The summed E-state index contributed by atoms with van der Waals surface area (Å²) in [6.07, 6.45) is 0. The number of aromatic amines is 1. The van der Waals surface area contributed by atoms with Crippen molar-refractivity contribution in [3.8, 4) is 11.6 Å². The third-order valence-electron chi connectivity index (χ3n) is 2.48. The Morgan fingerprint density at radius 2 is 2.06 bits per heavy atom. The minimum atomic E-state index is -0.940. The smallest absolute Gasteiger partial charge is 0.335 e. The summed E-state index contributed by atoms with van der Waals surface area (Å²) in [5.41, 5.74) is -1.99. The fourth-order valence-electron chi connectivity index (χ4n) is 1.50. The SMILES string of the molecule is Cc1c(O)n(-c2cccc(Cl)c2F)c(=O)[nH]c1=O. The first-order valence-corrected chi connectivity index (χ1v) is 5.30. The zero-order chi connectivity index (χ0) is 13.4. The average molecular weight is 271 g/mol. The Hall–Kier alpha value is -2.08. The Kier molecular flexibility index (Phi) is 2.96. The van der Waals surface area contributed by atoms with Gasteiger partial charge in [0.1, 0.15) is 0 Å². The number of H-pyrrole nitrogens is 1. The maximum Gasteiger partial charge on any atom is 0.335 e. The predicted octanol–water partition coefficient (Wildman–Crippen LogP) is 1.33. The molecular formula is C11H8ClFN2O3. The van der Waals surface area contributed by atoms with Gasteiger partial charge in [0.25, 0.3) is 5.56 Å². The van der Waals surface area contributed by atoms with E-state index >= 15 is 0 Å². The van der Waals surface area contributed by atoms with Gasteiger partial charge < -0.3 is 5.11 Å². The largest absolute Gasteiger partial charge is 0.494 e. The molecule has 2 N–H and O–H groups in total. The Bertz CT molecular complexity index is 736. The lowest BCUT2D eigenvalue weighted by Crippen LogP contribution is -2.30. The normalized spacial score (nSPS) is 10.6. The summed E-state index contributed by atoms with van der Waals surface area (Å²) in [4.78, 5) is 24.8. The molecule has 0 spiro atoms. The van der Waals surface area contributed by atoms with Gasteiger partial charge in [-0.25, -0.2) is 13.8 Å². The Labute approximate surface area is 105 Å². The van der Waals surface area contributed by atoms with Crippen LogP contribution in [-0.2, 0) is 0 Å². The highest BCUT2D eigenvalue weighted by Gasteiger charge is 2.16. The zero-order valence-electron chi connectivity index (χ0n) is 9.20. The number of hydrogen-bond donors (Lipinski definition) is 2. The highest BCUT2D eigenvalue weighted by atomic mass is 35.5. The zero-order valence-corrected chi connectivity index (χ0v) is 9.95. The highest BCUT2D eigenvalue weighted by Crippen LogP contribution is 2.23. The van der Waals surface area contributed by atoms with Crippen LogP contribution in [0.15, 0.2) is 27.8 Å². The summed E-state index contributed by atoms with van der Waals surface area (Å²) in [6.45, 7) is 1.31. The topological polar surface area (TPSA) is 75.1 Å². The van der Waals surface area contributed by atoms with Crippen molar-refractivity contribution in [2.45, 2.75) is 6.92 Å². The molecule has 94 valence electrons. The summed E-state index contributed by atoms with van der Waals surface area (Å²) in [6, 6.07) is 3.99. The lowest BCUT2D eigenvalue weighted by Gasteiger charge is -2.10. The summed E-state index contributed by atoms with van der Waals surface area (Å²) in [5.74, 6) is -1.48. The molecule has 0 amide bonds. The second kappa shape index (κ2) is 4.30. The third kappa shape index (κ3) is 1.80. The summed E-state index contributed by atoms with van der Waals surface area (Å²) >= 11 is 5.60. The van der Waals surface area contributed by atoms with Crippen molar-refractivity contribution in [2.24, 2.45) is 0 Å². The van der Waals surface area contributed by atoms with Crippen LogP contribution in [0.4, 0.5) is 4.39 Å². The van der Waals surface area contributed by atoms with Gasteiger partial charge in [-0.05, 0) is 19.1 Å². The molecule has 0 aliphatic heterocycles. The standard InChI is InChI=1S/C11H8ClFN2O3/c1-5-9(16)14-11(18)15(10(5)17)7-4-2-3-6(12)8(7)13/h2-4,17H,1H3,(H,14,16,18). The van der Waals surface area contributed by atoms with Crippen LogP contribution in [0.5, 0.6) is 5.88 Å². The number of hydrogen-bond acceptors (Lipinski definition) is 3. The van der Waals surface area contributed by atoms with Crippen LogP contribution in [0, 0.1) is 12.7 Å². The van der Waals surface area contributed by atoms with E-state index in [0.717, 1.165) is 0 Å². The van der Waals surface area contributed by atoms with E-state index in [2.05, 4.69) is 0 Å². The minimum Gasteiger partial charge on any atom is -0.494 e. The van der Waals surface area contributed by atoms with E-state index in [1.54, 1.807) is 0 Å². The van der Waals surface area contributed by atoms with Crippen molar-refractivity contribution in [1.29, 1.82) is 0 Å². The van der Waals surface area contributed by atoms with Gasteiger partial charge in [0.05, 0.1) is 16.3 Å². The van der Waals surface area contributed by atoms with Gasteiger partial charge in [-0.15, -0.1) is 0 Å². The van der Waals surface area contributed by atoms with E-state index in [0.29, 0.717) is 4.57 Å². The molecule has 0 fully saturated rings. The van der Waals surface area contributed by atoms with Gasteiger partial charge >= 0.3 is 5.69 Å². The molecule has 5 nitrogen and oxygen atoms in total. The third-order valence-corrected chi connectivity index (χ3v) is 2.78. The molecule has 0 aliphatic rings. The molecule has 7 heteroatoms. The first-order chi connectivity index (χ1) is 8.43. The molecule has 0 saturated heterocycles. The Balaban J connectivity index is 2.88. The van der Waals surface area contributed by atoms with E-state index in [1.807, 2.05) is 4.98 Å². The van der Waals surface area contributed by atoms with Crippen LogP contribution in [0.1, 0.15) is 5.56 Å². The predicted molar refractivity (Wildman–Crippen MR) is 64.0 cm³/mol. The van der Waals surface area contributed by atoms with E-state index in [9.17, 15) is 19.1 Å². The summed E-state index contributed by atoms with van der Waals surface area (Å²) in [7, 11) is 0. The minimum absolute atomic E-state index is 0.0889. The molecule has 2 aromatic rings. The number of nitrogens with zero attached hydrogens (tertiary/aromatic N) is 1. The van der Waals surface area contributed by atoms with Crippen LogP contribution >= 0.6 is 11.6 Å². The number of rotatable bonds is 1. The maximum absolute atomic E-state index is 13.8. The van der Waals surface area contributed by atoms with Crippen molar-refractivity contribution in [1.82, 2.24) is 9.55 Å². The Morgan fingerprint density at radius 3 is 2.72 bits per heavy atom. The number of benzene rings is 1. The molecule has 1 aromatic heterocycles. The molecule has 0 radical (unpaired) electrons. The van der Waals surface area contributed by atoms with Crippen LogP contribution in [0.3, 0.4) is 0 Å². The van der Waals surface area contributed by atoms with Gasteiger partial charge in [-0.3, -0.25) is 9.78 Å². The second-order valence-electron chi connectivity index (χ2n) is 3.62. The van der Waals surface area contributed by atoms with Crippen molar-refractivity contribution in [2.75, 3.05) is 0 Å². The van der Waals surface area contributed by atoms with E-state index in [4.69, 9.17) is 11.6 Å². The van der Waals surface area contributed by atoms with E-state index < -0.39 is 22.9 Å². The second-order valence-corrected chi connectivity index (χ2v) is 4.02. The fourth-order valence-corrected chi connectivity index (χ4v) is 1.67. The van der Waals surface area contributed by atoms with E-state index in [1.165, 1.54) is 25.1 Å². The van der Waals surface area contributed by atoms with Crippen molar-refractivity contribution in [3.05, 3.63) is 55.4 Å². The van der Waals surface area contributed by atoms with Gasteiger partial charge in [0, 0.05) is 0 Å². The first-order valence-electron chi connectivity index (χ1n) is 4.92. The van der Waals surface area contributed by atoms with Crippen LogP contribution in [0.2, 0.25) is 5.02 Å². The summed E-state index contributed by atoms with van der Waals surface area (Å²) < 4.78 is 14.4. The molecule has 0 bridgehead atoms. The van der Waals surface area contributed by atoms with Crippen molar-refractivity contribution < 1.29 is 9.50 Å². The summed E-state index contributed by atoms with van der Waals surface area (Å²) in [5, 5.41) is 9.57. The molecule has 1 heterocycles. The molecule has 0 unspecified atom stereocenters. The number of halogens is 2. The molecule has 0 atom stereocenters. The van der Waals surface area contributed by atoms with Crippen molar-refractivity contribution >= 4 is 11.6 Å². The lowest BCUT2D eigenvalue weighted by atomic mass is 10.3. The van der Waals surface area contributed by atoms with Gasteiger partial charge in [0.15, 0.2) is 5.82 Å². The number of aromatic hydroxyl groups is 1. The van der Waals surface area contributed by atoms with E-state index in [-0.39, 0.29) is 16.3 Å². The van der Waals surface area contributed by atoms with Gasteiger partial charge in [0.2, 0.25) is 5.88 Å². The Morgan fingerprint density at radius 1 is 1.39 bits per heavy atom. The number of aromatic nitrogens is 2. The number of nitrogens with one attached hydrogen (secondary N) is 1. The van der Waals surface area contributed by atoms with Crippen LogP contribution in [0.25, 0.3) is 5.69 Å². The monoisotopic (exact) mass is 270 g/mol. The molecule has 2 rings (SSSR count).